The summed E-state index contributed by atoms with van der Waals surface area (Å²) < 4.78 is 23.3. The summed E-state index contributed by atoms with van der Waals surface area (Å²) in [6.07, 6.45) is 1.33. The maximum Gasteiger partial charge on any atom is 0.271 e. The highest BCUT2D eigenvalue weighted by Crippen LogP contribution is 2.58. The van der Waals surface area contributed by atoms with Crippen LogP contribution in [0.1, 0.15) is 23.2 Å². The summed E-state index contributed by atoms with van der Waals surface area (Å²) in [4.78, 5) is 22.0. The lowest BCUT2D eigenvalue weighted by Crippen LogP contribution is -2.28. The van der Waals surface area contributed by atoms with Gasteiger partial charge in [0.25, 0.3) is 11.6 Å². The number of carbonyl (C=O) groups excluding carboxylic acids is 1. The molecule has 0 saturated carbocycles. The molecule has 2 rings (SSSR count). The number of nitro groups is 1. The molecule has 1 aliphatic heterocycles. The van der Waals surface area contributed by atoms with Crippen LogP contribution < -0.4 is 0 Å². The fourth-order valence-electron chi connectivity index (χ4n) is 1.96. The van der Waals surface area contributed by atoms with Crippen LogP contribution in [0.4, 0.5) is 5.69 Å². The second kappa shape index (κ2) is 5.68. The first-order valence-corrected chi connectivity index (χ1v) is 8.42. The van der Waals surface area contributed by atoms with Gasteiger partial charge in [0.1, 0.15) is 0 Å². The average molecular weight is 364 g/mol. The number of carbonyl (C=O) groups is 1. The van der Waals surface area contributed by atoms with Crippen molar-refractivity contribution < 1.29 is 18.8 Å². The largest absolute Gasteiger partial charge is 0.746 e. The summed E-state index contributed by atoms with van der Waals surface area (Å²) in [6, 6.07) is 3.39. The summed E-state index contributed by atoms with van der Waals surface area (Å²) in [5.41, 5.74) is -0.248. The first kappa shape index (κ1) is 15.2. The average Bonchev–Trinajstić information content (AvgIpc) is 2.59. The Morgan fingerprint density at radius 3 is 2.70 bits per heavy atom. The monoisotopic (exact) mass is 363 g/mol. The summed E-state index contributed by atoms with van der Waals surface area (Å²) in [7, 11) is -3.72. The molecule has 0 spiro atoms. The van der Waals surface area contributed by atoms with Crippen molar-refractivity contribution in [3.63, 3.8) is 0 Å². The molecule has 0 radical (unpaired) electrons. The molecule has 1 unspecified atom stereocenters. The van der Waals surface area contributed by atoms with Crippen molar-refractivity contribution in [1.29, 1.82) is 0 Å². The smallest absolute Gasteiger partial charge is 0.271 e. The van der Waals surface area contributed by atoms with Crippen molar-refractivity contribution in [3.05, 3.63) is 33.9 Å². The van der Waals surface area contributed by atoms with Gasteiger partial charge in [-0.15, -0.1) is 0 Å². The molecule has 1 N–H and O–H groups in total. The van der Waals surface area contributed by atoms with Crippen molar-refractivity contribution in [1.82, 2.24) is 4.31 Å². The summed E-state index contributed by atoms with van der Waals surface area (Å²) in [5.74, 6) is -0.558. The Labute approximate surface area is 125 Å². The normalized spacial score (nSPS) is 24.4. The number of nitro benzene ring substituents is 1. The number of benzene rings is 1. The Morgan fingerprint density at radius 1 is 1.40 bits per heavy atom. The molecule has 0 fully saturated rings. The van der Waals surface area contributed by atoms with E-state index in [-0.39, 0.29) is 22.7 Å². The number of hydrogen-bond acceptors (Lipinski definition) is 5. The topological polar surface area (TPSA) is 107 Å². The van der Waals surface area contributed by atoms with Crippen molar-refractivity contribution in [3.8, 4) is 0 Å². The Balaban J connectivity index is 2.35. The Hall–Kier alpha value is -1.16. The standard InChI is InChI=1S/C11H13BrN2O5S/c12-5-1-2-6-13-11(15)9-4-3-8(14(16)17)7-10(9)20(13,18)19/h3-4,7,18-19H,1-2,5-6H2/p-1. The Kier molecular flexibility index (Phi) is 4.33. The van der Waals surface area contributed by atoms with E-state index in [9.17, 15) is 24.0 Å². The predicted octanol–water partition coefficient (Wildman–Crippen LogP) is 2.91. The summed E-state index contributed by atoms with van der Waals surface area (Å²) >= 11 is 3.24. The van der Waals surface area contributed by atoms with Gasteiger partial charge >= 0.3 is 0 Å². The zero-order chi connectivity index (χ0) is 14.9. The molecule has 1 aliphatic rings. The van der Waals surface area contributed by atoms with Crippen LogP contribution in [-0.2, 0) is 0 Å². The van der Waals surface area contributed by atoms with Gasteiger partial charge in [-0.2, -0.15) is 0 Å². The highest BCUT2D eigenvalue weighted by Gasteiger charge is 2.36. The van der Waals surface area contributed by atoms with Crippen LogP contribution in [0, 0.1) is 10.1 Å². The van der Waals surface area contributed by atoms with E-state index in [1.807, 2.05) is 0 Å². The van der Waals surface area contributed by atoms with E-state index < -0.39 is 21.6 Å². The second-order valence-electron chi connectivity index (χ2n) is 4.24. The van der Waals surface area contributed by atoms with Crippen LogP contribution in [0.15, 0.2) is 23.1 Å². The number of hydrogen-bond donors (Lipinski definition) is 1. The van der Waals surface area contributed by atoms with Crippen LogP contribution in [0.3, 0.4) is 0 Å². The minimum Gasteiger partial charge on any atom is -0.746 e. The molecule has 1 heterocycles. The molecule has 1 aromatic rings. The number of rotatable bonds is 5. The highest BCUT2D eigenvalue weighted by atomic mass is 79.9. The van der Waals surface area contributed by atoms with Crippen LogP contribution >= 0.6 is 26.7 Å². The van der Waals surface area contributed by atoms with E-state index in [0.29, 0.717) is 6.42 Å². The minimum absolute atomic E-state index is 0.0574. The number of fused-ring (bicyclic) bond motifs is 1. The van der Waals surface area contributed by atoms with E-state index in [1.165, 1.54) is 6.07 Å². The number of unbranched alkanes of at least 4 members (excludes halogenated alkanes) is 1. The lowest BCUT2D eigenvalue weighted by molar-refractivity contribution is -0.385. The first-order valence-electron chi connectivity index (χ1n) is 5.82. The number of alkyl halides is 1. The van der Waals surface area contributed by atoms with E-state index in [0.717, 1.165) is 28.2 Å². The van der Waals surface area contributed by atoms with E-state index >= 15 is 0 Å². The van der Waals surface area contributed by atoms with Gasteiger partial charge in [-0.05, 0) is 18.9 Å². The molecule has 1 aromatic carbocycles. The molecular formula is C11H12BrN2O5S-. The molecule has 110 valence electrons. The molecule has 0 bridgehead atoms. The number of nitrogens with zero attached hydrogens (tertiary/aromatic N) is 2. The molecule has 0 aliphatic carbocycles. The van der Waals surface area contributed by atoms with Crippen molar-refractivity contribution in [2.75, 3.05) is 11.9 Å². The zero-order valence-electron chi connectivity index (χ0n) is 10.3. The van der Waals surface area contributed by atoms with Gasteiger partial charge in [-0.3, -0.25) is 19.2 Å². The third-order valence-corrected chi connectivity index (χ3v) is 5.38. The van der Waals surface area contributed by atoms with Crippen LogP contribution in [0.5, 0.6) is 0 Å². The van der Waals surface area contributed by atoms with Crippen molar-refractivity contribution >= 4 is 38.3 Å². The first-order chi connectivity index (χ1) is 9.39. The van der Waals surface area contributed by atoms with Crippen LogP contribution in [0.2, 0.25) is 0 Å². The quantitative estimate of drug-likeness (QED) is 0.374. The fraction of sp³-hybridized carbons (Fsp3) is 0.364. The van der Waals surface area contributed by atoms with Gasteiger partial charge in [0, 0.05) is 24.0 Å². The summed E-state index contributed by atoms with van der Waals surface area (Å²) in [5, 5.41) is 11.4. The third kappa shape index (κ3) is 2.53. The predicted molar refractivity (Wildman–Crippen MR) is 76.4 cm³/mol. The molecule has 9 heteroatoms. The van der Waals surface area contributed by atoms with Gasteiger partial charge in [0.05, 0.1) is 15.4 Å². The van der Waals surface area contributed by atoms with Crippen LogP contribution in [-0.4, -0.2) is 36.1 Å². The van der Waals surface area contributed by atoms with Crippen molar-refractivity contribution in [2.24, 2.45) is 0 Å². The molecule has 20 heavy (non-hydrogen) atoms. The minimum atomic E-state index is -3.72. The highest BCUT2D eigenvalue weighted by molar-refractivity contribution is 9.09. The fourth-order valence-corrected chi connectivity index (χ4v) is 4.01. The SMILES string of the molecule is O=C1c2ccc([N+](=O)[O-])cc2S([O-])(O)N1CCCCBr. The van der Waals surface area contributed by atoms with Crippen molar-refractivity contribution in [2.45, 2.75) is 17.7 Å². The van der Waals surface area contributed by atoms with E-state index in [1.54, 1.807) is 0 Å². The molecule has 0 saturated heterocycles. The summed E-state index contributed by atoms with van der Waals surface area (Å²) in [6.45, 7) is 0.141. The van der Waals surface area contributed by atoms with Gasteiger partial charge in [0.2, 0.25) is 0 Å². The van der Waals surface area contributed by atoms with E-state index in [2.05, 4.69) is 15.9 Å². The maximum atomic E-state index is 12.3. The van der Waals surface area contributed by atoms with Crippen LogP contribution in [0.25, 0.3) is 0 Å². The zero-order valence-corrected chi connectivity index (χ0v) is 12.7. The lowest BCUT2D eigenvalue weighted by atomic mass is 10.2. The molecule has 7 nitrogen and oxygen atoms in total. The number of halogens is 1. The van der Waals surface area contributed by atoms with Gasteiger partial charge < -0.3 is 9.11 Å². The van der Waals surface area contributed by atoms with Gasteiger partial charge in [-0.1, -0.05) is 15.9 Å². The second-order valence-corrected chi connectivity index (χ2v) is 6.90. The van der Waals surface area contributed by atoms with Gasteiger partial charge in [0.15, 0.2) is 0 Å². The van der Waals surface area contributed by atoms with Gasteiger partial charge in [-0.25, -0.2) is 10.8 Å². The number of non-ortho nitro benzene ring substituents is 1. The lowest BCUT2D eigenvalue weighted by Gasteiger charge is -2.48. The van der Waals surface area contributed by atoms with E-state index in [4.69, 9.17) is 0 Å². The Bertz CT molecular complexity index is 566. The molecular weight excluding hydrogens is 352 g/mol. The number of amides is 1. The maximum absolute atomic E-state index is 12.3. The third-order valence-electron chi connectivity index (χ3n) is 2.96. The molecule has 0 aromatic heterocycles. The Morgan fingerprint density at radius 2 is 2.10 bits per heavy atom. The molecule has 1 atom stereocenters. The molecule has 1 amide bonds.